The van der Waals surface area contributed by atoms with Crippen molar-refractivity contribution >= 4 is 27.7 Å². The fourth-order valence-electron chi connectivity index (χ4n) is 3.09. The molecule has 122 valence electrons. The number of carbonyl (C=O) groups is 1. The first-order chi connectivity index (χ1) is 11.4. The van der Waals surface area contributed by atoms with Crippen LogP contribution in [0.1, 0.15) is 19.4 Å². The van der Waals surface area contributed by atoms with E-state index in [1.165, 1.54) is 7.11 Å². The van der Waals surface area contributed by atoms with E-state index in [9.17, 15) is 9.59 Å². The molecule has 0 fully saturated rings. The molecule has 24 heavy (non-hydrogen) atoms. The lowest BCUT2D eigenvalue weighted by molar-refractivity contribution is -0.132. The number of methoxy groups -OCH3 is 1. The van der Waals surface area contributed by atoms with E-state index in [2.05, 4.69) is 0 Å². The first kappa shape index (κ1) is 14.8. The molecule has 3 aromatic rings. The van der Waals surface area contributed by atoms with Gasteiger partial charge in [0.25, 0.3) is 0 Å². The van der Waals surface area contributed by atoms with Crippen LogP contribution in [0.3, 0.4) is 0 Å². The highest BCUT2D eigenvalue weighted by molar-refractivity contribution is 6.00. The molecule has 0 bridgehead atoms. The molecule has 0 N–H and O–H groups in total. The van der Waals surface area contributed by atoms with Gasteiger partial charge in [-0.15, -0.1) is 0 Å². The molecule has 5 heteroatoms. The summed E-state index contributed by atoms with van der Waals surface area (Å²) in [6.07, 6.45) is 0.157. The molecule has 0 saturated carbocycles. The first-order valence-corrected chi connectivity index (χ1v) is 7.70. The first-order valence-electron chi connectivity index (χ1n) is 7.70. The van der Waals surface area contributed by atoms with Gasteiger partial charge in [-0.05, 0) is 26.0 Å². The van der Waals surface area contributed by atoms with Crippen LogP contribution in [0, 0.1) is 0 Å². The smallest absolute Gasteiger partial charge is 0.204 e. The molecular weight excluding hydrogens is 308 g/mol. The lowest BCUT2D eigenvalue weighted by Crippen LogP contribution is -2.42. The van der Waals surface area contributed by atoms with Crippen molar-refractivity contribution in [3.63, 3.8) is 0 Å². The number of fused-ring (bicyclic) bond motifs is 4. The van der Waals surface area contributed by atoms with Gasteiger partial charge in [-0.2, -0.15) is 0 Å². The maximum absolute atomic E-state index is 12.9. The summed E-state index contributed by atoms with van der Waals surface area (Å²) in [7, 11) is 1.49. The third-order valence-corrected chi connectivity index (χ3v) is 4.47. The van der Waals surface area contributed by atoms with Crippen molar-refractivity contribution in [1.29, 1.82) is 0 Å². The van der Waals surface area contributed by atoms with E-state index in [1.54, 1.807) is 44.2 Å². The number of hydrogen-bond donors (Lipinski definition) is 0. The Bertz CT molecular complexity index is 1060. The van der Waals surface area contributed by atoms with Crippen LogP contribution in [0.4, 0.5) is 0 Å². The summed E-state index contributed by atoms with van der Waals surface area (Å²) in [5, 5.41) is 0.817. The number of hydrogen-bond acceptors (Lipinski definition) is 5. The quantitative estimate of drug-likeness (QED) is 0.643. The van der Waals surface area contributed by atoms with Gasteiger partial charge in [0, 0.05) is 18.1 Å². The second-order valence-electron chi connectivity index (χ2n) is 6.40. The van der Waals surface area contributed by atoms with E-state index in [0.29, 0.717) is 39.0 Å². The zero-order chi connectivity index (χ0) is 17.1. The van der Waals surface area contributed by atoms with Gasteiger partial charge in [0.2, 0.25) is 5.43 Å². The van der Waals surface area contributed by atoms with Crippen LogP contribution in [-0.2, 0) is 11.2 Å². The van der Waals surface area contributed by atoms with E-state index >= 15 is 0 Å². The SMILES string of the molecule is COc1cc2c(c3oc4ccccc4c(=O)c13)CC(=O)C(C)(C)O2. The molecule has 5 nitrogen and oxygen atoms in total. The molecule has 0 saturated heterocycles. The Hall–Kier alpha value is -2.82. The monoisotopic (exact) mass is 324 g/mol. The zero-order valence-electron chi connectivity index (χ0n) is 13.6. The van der Waals surface area contributed by atoms with Crippen molar-refractivity contribution in [2.45, 2.75) is 25.9 Å². The molecule has 2 heterocycles. The maximum atomic E-state index is 12.9. The molecule has 0 atom stereocenters. The topological polar surface area (TPSA) is 65.7 Å². The van der Waals surface area contributed by atoms with E-state index < -0.39 is 5.60 Å². The predicted octanol–water partition coefficient (Wildman–Crippen LogP) is 3.24. The summed E-state index contributed by atoms with van der Waals surface area (Å²) in [4.78, 5) is 25.2. The Morgan fingerprint density at radius 1 is 1.17 bits per heavy atom. The lowest BCUT2D eigenvalue weighted by Gasteiger charge is -2.31. The van der Waals surface area contributed by atoms with Gasteiger partial charge in [-0.1, -0.05) is 12.1 Å². The molecule has 0 amide bonds. The van der Waals surface area contributed by atoms with E-state index in [1.807, 2.05) is 0 Å². The molecule has 0 spiro atoms. The van der Waals surface area contributed by atoms with Gasteiger partial charge in [0.1, 0.15) is 28.1 Å². The Balaban J connectivity index is 2.17. The van der Waals surface area contributed by atoms with Crippen LogP contribution in [-0.4, -0.2) is 18.5 Å². The summed E-state index contributed by atoms with van der Waals surface area (Å²) in [5.74, 6) is 0.841. The lowest BCUT2D eigenvalue weighted by atomic mass is 9.91. The maximum Gasteiger partial charge on any atom is 0.204 e. The Labute approximate surface area is 137 Å². The average Bonchev–Trinajstić information content (AvgIpc) is 2.55. The minimum absolute atomic E-state index is 0.0581. The van der Waals surface area contributed by atoms with Gasteiger partial charge in [0.05, 0.1) is 12.5 Å². The fraction of sp³-hybridized carbons (Fsp3) is 0.263. The Kier molecular flexibility index (Phi) is 2.97. The molecule has 0 radical (unpaired) electrons. The number of ketones is 1. The van der Waals surface area contributed by atoms with Gasteiger partial charge in [-0.3, -0.25) is 9.59 Å². The number of benzene rings is 2. The number of Topliss-reactive ketones (excluding diaryl/α,β-unsaturated/α-hetero) is 1. The molecule has 1 aliphatic heterocycles. The van der Waals surface area contributed by atoms with Gasteiger partial charge in [0.15, 0.2) is 11.4 Å². The van der Waals surface area contributed by atoms with Gasteiger partial charge < -0.3 is 13.9 Å². The van der Waals surface area contributed by atoms with Crippen molar-refractivity contribution in [1.82, 2.24) is 0 Å². The highest BCUT2D eigenvalue weighted by Gasteiger charge is 2.37. The minimum Gasteiger partial charge on any atom is -0.496 e. The van der Waals surface area contributed by atoms with Gasteiger partial charge >= 0.3 is 0 Å². The van der Waals surface area contributed by atoms with Crippen molar-refractivity contribution in [3.05, 3.63) is 46.1 Å². The summed E-state index contributed by atoms with van der Waals surface area (Å²) >= 11 is 0. The standard InChI is InChI=1S/C19H16O5/c1-19(2)15(20)8-11-13(24-19)9-14(22-3)16-17(21)10-6-4-5-7-12(10)23-18(11)16/h4-7,9H,8H2,1-3H3. The van der Waals surface area contributed by atoms with Gasteiger partial charge in [-0.25, -0.2) is 0 Å². The Morgan fingerprint density at radius 2 is 1.92 bits per heavy atom. The zero-order valence-corrected chi connectivity index (χ0v) is 13.6. The average molecular weight is 324 g/mol. The molecule has 1 aliphatic rings. The highest BCUT2D eigenvalue weighted by atomic mass is 16.5. The molecule has 4 rings (SSSR count). The normalized spacial score (nSPS) is 16.0. The summed E-state index contributed by atoms with van der Waals surface area (Å²) in [5.41, 5.74) is 0.337. The van der Waals surface area contributed by atoms with Crippen molar-refractivity contribution in [2.75, 3.05) is 7.11 Å². The van der Waals surface area contributed by atoms with Crippen LogP contribution in [0.5, 0.6) is 11.5 Å². The van der Waals surface area contributed by atoms with Crippen LogP contribution >= 0.6 is 0 Å². The van der Waals surface area contributed by atoms with E-state index in [4.69, 9.17) is 13.9 Å². The number of para-hydroxylation sites is 1. The third-order valence-electron chi connectivity index (χ3n) is 4.47. The van der Waals surface area contributed by atoms with Crippen molar-refractivity contribution in [2.24, 2.45) is 0 Å². The number of carbonyl (C=O) groups excluding carboxylic acids is 1. The highest BCUT2D eigenvalue weighted by Crippen LogP contribution is 2.40. The van der Waals surface area contributed by atoms with Crippen LogP contribution < -0.4 is 14.9 Å². The second-order valence-corrected chi connectivity index (χ2v) is 6.40. The summed E-state index contributed by atoms with van der Waals surface area (Å²) in [6.45, 7) is 3.46. The number of rotatable bonds is 1. The minimum atomic E-state index is -0.914. The van der Waals surface area contributed by atoms with Crippen LogP contribution in [0.25, 0.3) is 21.9 Å². The Morgan fingerprint density at radius 3 is 2.67 bits per heavy atom. The van der Waals surface area contributed by atoms with E-state index in [0.717, 1.165) is 0 Å². The molecular formula is C19H16O5. The fourth-order valence-corrected chi connectivity index (χ4v) is 3.09. The van der Waals surface area contributed by atoms with Crippen LogP contribution in [0.2, 0.25) is 0 Å². The third kappa shape index (κ3) is 1.94. The van der Waals surface area contributed by atoms with Crippen molar-refractivity contribution < 1.29 is 18.7 Å². The largest absolute Gasteiger partial charge is 0.496 e. The van der Waals surface area contributed by atoms with E-state index in [-0.39, 0.29) is 17.6 Å². The summed E-state index contributed by atoms with van der Waals surface area (Å²) < 4.78 is 17.2. The summed E-state index contributed by atoms with van der Waals surface area (Å²) in [6, 6.07) is 8.69. The molecule has 1 aromatic heterocycles. The number of ether oxygens (including phenoxy) is 2. The molecule has 2 aromatic carbocycles. The van der Waals surface area contributed by atoms with Crippen molar-refractivity contribution in [3.8, 4) is 11.5 Å². The second kappa shape index (κ2) is 4.84. The molecule has 0 unspecified atom stereocenters. The molecule has 0 aliphatic carbocycles. The predicted molar refractivity (Wildman–Crippen MR) is 90.0 cm³/mol. The van der Waals surface area contributed by atoms with Crippen LogP contribution in [0.15, 0.2) is 39.5 Å².